The molecule has 2 aliphatic rings. The number of amides is 1. The van der Waals surface area contributed by atoms with Crippen LogP contribution >= 0.6 is 26.7 Å². The van der Waals surface area contributed by atoms with E-state index in [4.69, 9.17) is 4.74 Å². The highest BCUT2D eigenvalue weighted by Gasteiger charge is 2.45. The number of carbonyl (C=O) groups is 1. The zero-order valence-corrected chi connectivity index (χ0v) is 18.0. The Hall–Kier alpha value is -0.800. The average Bonchev–Trinajstić information content (AvgIpc) is 2.72. The Morgan fingerprint density at radius 1 is 1.27 bits per heavy atom. The second-order valence-corrected chi connectivity index (χ2v) is 10.8. The molecule has 26 heavy (non-hydrogen) atoms. The molecule has 1 amide bonds. The molecule has 8 heteroatoms. The van der Waals surface area contributed by atoms with E-state index in [0.717, 1.165) is 10.0 Å². The maximum atomic E-state index is 12.2. The van der Waals surface area contributed by atoms with Crippen molar-refractivity contribution in [3.63, 3.8) is 0 Å². The van der Waals surface area contributed by atoms with Gasteiger partial charge in [0.1, 0.15) is 5.60 Å². The lowest BCUT2D eigenvalue weighted by Crippen LogP contribution is -2.47. The van der Waals surface area contributed by atoms with Crippen LogP contribution in [0.3, 0.4) is 0 Å². The van der Waals surface area contributed by atoms with E-state index < -0.39 is 16.4 Å². The first-order valence-electron chi connectivity index (χ1n) is 8.85. The van der Waals surface area contributed by atoms with Crippen molar-refractivity contribution in [1.82, 2.24) is 9.21 Å². The van der Waals surface area contributed by atoms with Gasteiger partial charge < -0.3 is 9.64 Å². The molecule has 0 spiro atoms. The van der Waals surface area contributed by atoms with Gasteiger partial charge in [-0.25, -0.2) is 4.79 Å². The van der Waals surface area contributed by atoms with Crippen molar-refractivity contribution < 1.29 is 18.6 Å². The smallest absolute Gasteiger partial charge is 0.410 e. The number of rotatable bonds is 1. The Morgan fingerprint density at radius 2 is 1.88 bits per heavy atom. The summed E-state index contributed by atoms with van der Waals surface area (Å²) in [6.07, 6.45) is 1.08. The molecule has 1 atom stereocenters. The van der Waals surface area contributed by atoms with Crippen LogP contribution in [0.5, 0.6) is 0 Å². The number of hydrogen-bond donors (Lipinski definition) is 2. The molecule has 0 radical (unpaired) electrons. The van der Waals surface area contributed by atoms with Gasteiger partial charge in [0.05, 0.1) is 10.9 Å². The number of carbonyl (C=O) groups excluding carboxylic acids is 1. The third-order valence-electron chi connectivity index (χ3n) is 4.87. The second-order valence-electron chi connectivity index (χ2n) is 7.94. The maximum absolute atomic E-state index is 12.2. The van der Waals surface area contributed by atoms with Gasteiger partial charge >= 0.3 is 6.09 Å². The number of nitrogens with zero attached hydrogens (tertiary/aromatic N) is 2. The summed E-state index contributed by atoms with van der Waals surface area (Å²) >= 11 is 3.46. The third kappa shape index (κ3) is 3.75. The average molecular weight is 447 g/mol. The van der Waals surface area contributed by atoms with Gasteiger partial charge in [-0.05, 0) is 64.3 Å². The van der Waals surface area contributed by atoms with Gasteiger partial charge in [-0.1, -0.05) is 15.9 Å². The molecule has 0 bridgehead atoms. The number of fused-ring (bicyclic) bond motifs is 1. The first-order valence-corrected chi connectivity index (χ1v) is 11.1. The van der Waals surface area contributed by atoms with Crippen LogP contribution < -0.4 is 0 Å². The monoisotopic (exact) mass is 446 g/mol. The zero-order chi connectivity index (χ0) is 19.3. The minimum atomic E-state index is -3.00. The van der Waals surface area contributed by atoms with Crippen LogP contribution in [0.2, 0.25) is 0 Å². The highest BCUT2D eigenvalue weighted by Crippen LogP contribution is 2.64. The molecule has 3 rings (SSSR count). The maximum Gasteiger partial charge on any atom is 0.410 e. The summed E-state index contributed by atoms with van der Waals surface area (Å²) in [6.45, 7) is 8.68. The van der Waals surface area contributed by atoms with Crippen LogP contribution in [-0.2, 0) is 4.74 Å². The molecule has 1 fully saturated rings. The molecule has 1 aromatic carbocycles. The van der Waals surface area contributed by atoms with E-state index in [1.165, 1.54) is 0 Å². The number of hydrogen-bond acceptors (Lipinski definition) is 5. The Morgan fingerprint density at radius 3 is 2.46 bits per heavy atom. The predicted molar refractivity (Wildman–Crippen MR) is 106 cm³/mol. The summed E-state index contributed by atoms with van der Waals surface area (Å²) in [6, 6.07) is 5.53. The van der Waals surface area contributed by atoms with Gasteiger partial charge in [0.2, 0.25) is 0 Å². The lowest BCUT2D eigenvalue weighted by Gasteiger charge is -2.46. The minimum absolute atomic E-state index is 0.0138. The van der Waals surface area contributed by atoms with Crippen molar-refractivity contribution in [2.75, 3.05) is 13.1 Å². The van der Waals surface area contributed by atoms with Crippen molar-refractivity contribution in [3.05, 3.63) is 28.2 Å². The second kappa shape index (κ2) is 6.98. The molecule has 2 heterocycles. The standard InChI is InChI=1S/C18H27BrN2O4S/c1-12-15-11-13(19)5-6-16(15)26(23,24)21(12)14-7-9-20(10-8-14)17(22)25-18(2,3)4/h5-6,11-12,14,23-24H,7-10H2,1-4H3. The van der Waals surface area contributed by atoms with Crippen molar-refractivity contribution >= 4 is 32.8 Å². The summed E-state index contributed by atoms with van der Waals surface area (Å²) in [5.74, 6) is 0. The van der Waals surface area contributed by atoms with Gasteiger partial charge in [-0.15, -0.1) is 10.8 Å². The van der Waals surface area contributed by atoms with E-state index in [-0.39, 0.29) is 18.2 Å². The summed E-state index contributed by atoms with van der Waals surface area (Å²) in [4.78, 5) is 14.6. The normalized spacial score (nSPS) is 25.0. The van der Waals surface area contributed by atoms with Gasteiger partial charge in [0.15, 0.2) is 0 Å². The molecular weight excluding hydrogens is 420 g/mol. The van der Waals surface area contributed by atoms with Crippen LogP contribution in [0.25, 0.3) is 0 Å². The molecule has 1 aromatic rings. The van der Waals surface area contributed by atoms with Gasteiger partial charge in [-0.3, -0.25) is 9.11 Å². The molecule has 2 N–H and O–H groups in total. The minimum Gasteiger partial charge on any atom is -0.444 e. The molecule has 2 aliphatic heterocycles. The largest absolute Gasteiger partial charge is 0.444 e. The molecule has 1 saturated heterocycles. The first kappa shape index (κ1) is 19.9. The van der Waals surface area contributed by atoms with Crippen molar-refractivity contribution in [1.29, 1.82) is 0 Å². The van der Waals surface area contributed by atoms with E-state index in [1.807, 2.05) is 44.1 Å². The SMILES string of the molecule is CC1c2cc(Br)ccc2S(O)(O)N1C1CCN(C(=O)OC(C)(C)C)CC1. The van der Waals surface area contributed by atoms with Crippen molar-refractivity contribution in [2.45, 2.75) is 63.1 Å². The molecule has 6 nitrogen and oxygen atoms in total. The number of likely N-dealkylation sites (tertiary alicyclic amines) is 1. The topological polar surface area (TPSA) is 73.2 Å². The third-order valence-corrected chi connectivity index (χ3v) is 7.53. The molecule has 1 unspecified atom stereocenters. The highest BCUT2D eigenvalue weighted by atomic mass is 79.9. The first-order chi connectivity index (χ1) is 12.0. The lowest BCUT2D eigenvalue weighted by atomic mass is 10.0. The summed E-state index contributed by atoms with van der Waals surface area (Å²) < 4.78 is 30.0. The molecule has 0 saturated carbocycles. The fourth-order valence-electron chi connectivity index (χ4n) is 3.72. The van der Waals surface area contributed by atoms with Crippen LogP contribution in [0, 0.1) is 0 Å². The number of ether oxygens (including phenoxy) is 1. The van der Waals surface area contributed by atoms with E-state index in [9.17, 15) is 13.9 Å². The number of benzene rings is 1. The van der Waals surface area contributed by atoms with E-state index >= 15 is 0 Å². The summed E-state index contributed by atoms with van der Waals surface area (Å²) in [5, 5.41) is 0. The quantitative estimate of drug-likeness (QED) is 0.615. The fourth-order valence-corrected chi connectivity index (χ4v) is 6.30. The van der Waals surface area contributed by atoms with Gasteiger partial charge in [-0.2, -0.15) is 4.31 Å². The van der Waals surface area contributed by atoms with E-state index in [2.05, 4.69) is 15.9 Å². The lowest BCUT2D eigenvalue weighted by molar-refractivity contribution is 0.0168. The number of piperidine rings is 1. The van der Waals surface area contributed by atoms with E-state index in [0.29, 0.717) is 30.8 Å². The summed E-state index contributed by atoms with van der Waals surface area (Å²) in [5.41, 5.74) is 0.441. The van der Waals surface area contributed by atoms with Crippen LogP contribution in [-0.4, -0.2) is 49.1 Å². The Balaban J connectivity index is 1.71. The van der Waals surface area contributed by atoms with Crippen LogP contribution in [0.1, 0.15) is 52.1 Å². The molecule has 0 aliphatic carbocycles. The Bertz CT molecular complexity index is 699. The predicted octanol–water partition coefficient (Wildman–Crippen LogP) is 5.25. The van der Waals surface area contributed by atoms with Crippen molar-refractivity contribution in [2.24, 2.45) is 0 Å². The fraction of sp³-hybridized carbons (Fsp3) is 0.611. The van der Waals surface area contributed by atoms with Gasteiger partial charge in [0, 0.05) is 23.6 Å². The number of halogens is 1. The Kier molecular flexibility index (Phi) is 5.35. The Labute approximate surface area is 165 Å². The van der Waals surface area contributed by atoms with Crippen LogP contribution in [0.4, 0.5) is 4.79 Å². The van der Waals surface area contributed by atoms with Crippen molar-refractivity contribution in [3.8, 4) is 0 Å². The molecule has 0 aromatic heterocycles. The molecule has 146 valence electrons. The van der Waals surface area contributed by atoms with Crippen LogP contribution in [0.15, 0.2) is 27.6 Å². The molecular formula is C18H27BrN2O4S. The van der Waals surface area contributed by atoms with Gasteiger partial charge in [0.25, 0.3) is 0 Å². The zero-order valence-electron chi connectivity index (χ0n) is 15.6. The highest BCUT2D eigenvalue weighted by molar-refractivity contribution is 9.10. The van der Waals surface area contributed by atoms with E-state index in [1.54, 1.807) is 11.0 Å². The summed E-state index contributed by atoms with van der Waals surface area (Å²) in [7, 11) is -3.00.